The average Bonchev–Trinajstić information content (AvgIpc) is 3.71. The first kappa shape index (κ1) is 27.6. The van der Waals surface area contributed by atoms with Crippen molar-refractivity contribution in [3.05, 3.63) is 84.5 Å². The smallest absolute Gasteiger partial charge is 0.336 e. The van der Waals surface area contributed by atoms with Crippen molar-refractivity contribution in [1.29, 1.82) is 0 Å². The molecule has 1 saturated carbocycles. The minimum Gasteiger partial charge on any atom is -0.338 e. The number of amides is 2. The first-order valence-electron chi connectivity index (χ1n) is 13.0. The molecule has 41 heavy (non-hydrogen) atoms. The quantitative estimate of drug-likeness (QED) is 0.330. The minimum atomic E-state index is -0.678. The number of nitrogens with one attached hydrogen (secondary N) is 3. The van der Waals surface area contributed by atoms with Gasteiger partial charge in [0, 0.05) is 43.9 Å². The number of benzene rings is 2. The molecule has 0 aliphatic heterocycles. The zero-order chi connectivity index (χ0) is 29.7. The first-order valence-corrected chi connectivity index (χ1v) is 13.0. The number of carbonyl (C=O) groups excluding carboxylic acids is 2. The molecule has 0 radical (unpaired) electrons. The number of nitrogens with zero attached hydrogens (tertiary/aromatic N) is 3. The van der Waals surface area contributed by atoms with Crippen molar-refractivity contribution in [1.82, 2.24) is 13.7 Å². The Kier molecular flexibility index (Phi) is 6.85. The molecule has 2 amide bonds. The maximum absolute atomic E-state index is 14.9. The number of fused-ring (bicyclic) bond motifs is 1. The lowest BCUT2D eigenvalue weighted by Gasteiger charge is -2.21. The fourth-order valence-electron chi connectivity index (χ4n) is 5.00. The van der Waals surface area contributed by atoms with Crippen LogP contribution in [0, 0.1) is 19.7 Å². The number of pyridine rings is 1. The maximum Gasteiger partial charge on any atom is 0.336 e. The van der Waals surface area contributed by atoms with Gasteiger partial charge in [-0.2, -0.15) is 0 Å². The molecule has 5 rings (SSSR count). The number of aromatic nitrogens is 3. The van der Waals surface area contributed by atoms with Gasteiger partial charge in [-0.3, -0.25) is 32.9 Å². The van der Waals surface area contributed by atoms with Crippen molar-refractivity contribution in [2.75, 3.05) is 16.0 Å². The van der Waals surface area contributed by atoms with E-state index in [0.29, 0.717) is 18.4 Å². The zero-order valence-electron chi connectivity index (χ0n) is 23.2. The maximum atomic E-state index is 14.9. The molecule has 1 aliphatic carbocycles. The van der Waals surface area contributed by atoms with Gasteiger partial charge in [0.2, 0.25) is 11.8 Å². The summed E-state index contributed by atoms with van der Waals surface area (Å²) < 4.78 is 18.5. The molecule has 0 bridgehead atoms. The highest BCUT2D eigenvalue weighted by molar-refractivity contribution is 5.95. The van der Waals surface area contributed by atoms with Crippen LogP contribution in [-0.4, -0.2) is 25.5 Å². The molecule has 2 aromatic carbocycles. The van der Waals surface area contributed by atoms with Gasteiger partial charge in [0.1, 0.15) is 17.0 Å². The van der Waals surface area contributed by atoms with Gasteiger partial charge in [0.15, 0.2) is 0 Å². The Bertz CT molecular complexity index is 1920. The van der Waals surface area contributed by atoms with Crippen LogP contribution >= 0.6 is 0 Å². The van der Waals surface area contributed by atoms with Crippen molar-refractivity contribution in [3.63, 3.8) is 0 Å². The second kappa shape index (κ2) is 10.2. The van der Waals surface area contributed by atoms with Crippen LogP contribution in [0.1, 0.15) is 43.9 Å². The molecular formula is C29H29FN6O5. The fourth-order valence-corrected chi connectivity index (χ4v) is 5.00. The van der Waals surface area contributed by atoms with Crippen LogP contribution in [0.2, 0.25) is 0 Å². The van der Waals surface area contributed by atoms with E-state index in [9.17, 15) is 28.4 Å². The second-order valence-corrected chi connectivity index (χ2v) is 10.3. The van der Waals surface area contributed by atoms with Crippen molar-refractivity contribution in [3.8, 4) is 5.69 Å². The summed E-state index contributed by atoms with van der Waals surface area (Å²) in [5.41, 5.74) is -0.155. The lowest BCUT2D eigenvalue weighted by atomic mass is 10.1. The van der Waals surface area contributed by atoms with Gasteiger partial charge in [0.25, 0.3) is 11.1 Å². The van der Waals surface area contributed by atoms with Crippen molar-refractivity contribution in [2.45, 2.75) is 46.6 Å². The van der Waals surface area contributed by atoms with E-state index in [2.05, 4.69) is 16.0 Å². The van der Waals surface area contributed by atoms with Crippen molar-refractivity contribution < 1.29 is 14.0 Å². The molecule has 2 aromatic heterocycles. The summed E-state index contributed by atoms with van der Waals surface area (Å²) >= 11 is 0. The highest BCUT2D eigenvalue weighted by Crippen LogP contribution is 2.34. The molecule has 0 spiro atoms. The van der Waals surface area contributed by atoms with Gasteiger partial charge in [0.05, 0.1) is 16.9 Å². The van der Waals surface area contributed by atoms with E-state index < -0.39 is 22.6 Å². The predicted molar refractivity (Wildman–Crippen MR) is 155 cm³/mol. The highest BCUT2D eigenvalue weighted by atomic mass is 19.1. The predicted octanol–water partition coefficient (Wildman–Crippen LogP) is 3.60. The van der Waals surface area contributed by atoms with E-state index in [0.717, 1.165) is 4.57 Å². The lowest BCUT2D eigenvalue weighted by molar-refractivity contribution is -0.115. The Balaban J connectivity index is 1.92. The van der Waals surface area contributed by atoms with Gasteiger partial charge in [-0.25, -0.2) is 9.18 Å². The molecule has 212 valence electrons. The summed E-state index contributed by atoms with van der Waals surface area (Å²) in [6.07, 6.45) is 1.23. The van der Waals surface area contributed by atoms with Crippen LogP contribution in [0.3, 0.4) is 0 Å². The normalized spacial score (nSPS) is 12.8. The third-order valence-corrected chi connectivity index (χ3v) is 6.95. The Morgan fingerprint density at radius 3 is 2.05 bits per heavy atom. The molecule has 1 fully saturated rings. The minimum absolute atomic E-state index is 0.0158. The third kappa shape index (κ3) is 5.04. The number of anilines is 4. The Morgan fingerprint density at radius 2 is 1.51 bits per heavy atom. The Morgan fingerprint density at radius 1 is 0.902 bits per heavy atom. The lowest BCUT2D eigenvalue weighted by Crippen LogP contribution is -2.41. The van der Waals surface area contributed by atoms with E-state index in [1.54, 1.807) is 13.0 Å². The number of rotatable bonds is 6. The number of carbonyl (C=O) groups is 2. The number of hydrogen-bond acceptors (Lipinski definition) is 6. The van der Waals surface area contributed by atoms with Crippen LogP contribution < -0.4 is 32.8 Å². The van der Waals surface area contributed by atoms with Crippen molar-refractivity contribution >= 4 is 45.6 Å². The van der Waals surface area contributed by atoms with Crippen LogP contribution in [0.15, 0.2) is 50.8 Å². The van der Waals surface area contributed by atoms with Gasteiger partial charge in [-0.05, 0) is 62.6 Å². The average molecular weight is 561 g/mol. The van der Waals surface area contributed by atoms with Crippen LogP contribution in [0.25, 0.3) is 16.6 Å². The SMILES string of the molecule is CC(=O)Nc1cc(NC(C)=O)cc(-n2c(=O)n(C3CC3)c(=O)c3c(Nc4ccc(C)cc4F)n(C)c(=O)c(C)c32)c1. The Hall–Kier alpha value is -5.00. The fraction of sp³-hybridized carbons (Fsp3) is 0.276. The second-order valence-electron chi connectivity index (χ2n) is 10.3. The zero-order valence-corrected chi connectivity index (χ0v) is 23.2. The molecule has 4 aromatic rings. The third-order valence-electron chi connectivity index (χ3n) is 6.95. The summed E-state index contributed by atoms with van der Waals surface area (Å²) in [4.78, 5) is 65.3. The summed E-state index contributed by atoms with van der Waals surface area (Å²) in [5, 5.41) is 8.25. The molecular weight excluding hydrogens is 531 g/mol. The number of halogens is 1. The van der Waals surface area contributed by atoms with E-state index in [-0.39, 0.29) is 62.9 Å². The van der Waals surface area contributed by atoms with Gasteiger partial charge >= 0.3 is 5.69 Å². The van der Waals surface area contributed by atoms with Gasteiger partial charge < -0.3 is 16.0 Å². The Labute approximate surface area is 233 Å². The van der Waals surface area contributed by atoms with E-state index in [1.165, 1.54) is 67.3 Å². The number of aryl methyl sites for hydroxylation is 2. The van der Waals surface area contributed by atoms with E-state index in [1.807, 2.05) is 0 Å². The summed E-state index contributed by atoms with van der Waals surface area (Å²) in [6.45, 7) is 5.87. The molecule has 1 aliphatic rings. The molecule has 3 N–H and O–H groups in total. The van der Waals surface area contributed by atoms with E-state index in [4.69, 9.17) is 0 Å². The van der Waals surface area contributed by atoms with E-state index >= 15 is 0 Å². The molecule has 12 heteroatoms. The molecule has 0 atom stereocenters. The van der Waals surface area contributed by atoms with Crippen LogP contribution in [0.4, 0.5) is 27.3 Å². The van der Waals surface area contributed by atoms with Gasteiger partial charge in [-0.1, -0.05) is 6.07 Å². The summed E-state index contributed by atoms with van der Waals surface area (Å²) in [5.74, 6) is -1.32. The standard InChI is InChI=1S/C29H29FN6O5/c1-14-6-9-23(22(30)10-14)33-26-24-25(15(2)27(39)34(26)5)35(29(41)36(28(24)40)20-7-8-20)21-12-18(31-16(3)37)11-19(13-21)32-17(4)38/h6,9-13,20,33H,7-8H2,1-5H3,(H,31,37)(H,32,38). The summed E-state index contributed by atoms with van der Waals surface area (Å²) in [6, 6.07) is 8.72. The first-order chi connectivity index (χ1) is 19.4. The topological polar surface area (TPSA) is 136 Å². The molecule has 0 unspecified atom stereocenters. The summed E-state index contributed by atoms with van der Waals surface area (Å²) in [7, 11) is 1.46. The number of hydrogen-bond donors (Lipinski definition) is 3. The molecule has 0 saturated heterocycles. The monoisotopic (exact) mass is 560 g/mol. The van der Waals surface area contributed by atoms with Crippen molar-refractivity contribution in [2.24, 2.45) is 7.05 Å². The molecule has 2 heterocycles. The molecule has 11 nitrogen and oxygen atoms in total. The van der Waals surface area contributed by atoms with Gasteiger partial charge in [-0.15, -0.1) is 0 Å². The van der Waals surface area contributed by atoms with Crippen LogP contribution in [-0.2, 0) is 16.6 Å². The largest absolute Gasteiger partial charge is 0.338 e. The highest BCUT2D eigenvalue weighted by Gasteiger charge is 2.32. The van der Waals surface area contributed by atoms with Crippen LogP contribution in [0.5, 0.6) is 0 Å².